The van der Waals surface area contributed by atoms with Gasteiger partial charge in [0.2, 0.25) is 0 Å². The molecule has 0 bridgehead atoms. The van der Waals surface area contributed by atoms with Crippen LogP contribution in [-0.4, -0.2) is 15.0 Å². The molecule has 0 saturated carbocycles. The van der Waals surface area contributed by atoms with Crippen LogP contribution in [0.15, 0.2) is 35.5 Å². The number of H-pyrrole nitrogens is 1. The molecular formula is C13H10Cl2N4S. The predicted molar refractivity (Wildman–Crippen MR) is 84.3 cm³/mol. The first kappa shape index (κ1) is 13.5. The highest BCUT2D eigenvalue weighted by molar-refractivity contribution is 7.98. The van der Waals surface area contributed by atoms with Gasteiger partial charge in [-0.25, -0.2) is 9.97 Å². The highest BCUT2D eigenvalue weighted by Gasteiger charge is 2.07. The van der Waals surface area contributed by atoms with Crippen LogP contribution in [0.4, 0.5) is 5.69 Å². The summed E-state index contributed by atoms with van der Waals surface area (Å²) in [5.74, 6) is 0.592. The van der Waals surface area contributed by atoms with E-state index in [0.717, 1.165) is 21.9 Å². The number of hydrogen-bond donors (Lipinski definition) is 2. The van der Waals surface area contributed by atoms with Crippen LogP contribution in [0, 0.1) is 0 Å². The number of aromatic nitrogens is 3. The van der Waals surface area contributed by atoms with E-state index < -0.39 is 0 Å². The number of nitrogens with two attached hydrogens (primary N) is 1. The maximum Gasteiger partial charge on any atom is 0.166 e. The molecule has 0 atom stereocenters. The molecule has 3 N–H and O–H groups in total. The lowest BCUT2D eigenvalue weighted by atomic mass is 10.3. The third-order valence-electron chi connectivity index (χ3n) is 2.71. The maximum absolute atomic E-state index is 6.08. The number of nitrogens with one attached hydrogen (secondary N) is 1. The van der Waals surface area contributed by atoms with Crippen LogP contribution in [0.1, 0.15) is 5.69 Å². The van der Waals surface area contributed by atoms with Crippen molar-refractivity contribution in [1.82, 2.24) is 15.0 Å². The molecule has 0 fully saturated rings. The molecule has 4 nitrogen and oxygen atoms in total. The van der Waals surface area contributed by atoms with Crippen LogP contribution in [0.3, 0.4) is 0 Å². The highest BCUT2D eigenvalue weighted by Crippen LogP contribution is 2.27. The predicted octanol–water partition coefficient (Wildman–Crippen LogP) is 4.14. The summed E-state index contributed by atoms with van der Waals surface area (Å²) >= 11 is 13.5. The fraction of sp³-hybridized carbons (Fsp3) is 0.0769. The van der Waals surface area contributed by atoms with Gasteiger partial charge in [0, 0.05) is 11.4 Å². The number of fused-ring (bicyclic) bond motifs is 1. The van der Waals surface area contributed by atoms with Gasteiger partial charge in [0.25, 0.3) is 0 Å². The lowest BCUT2D eigenvalue weighted by molar-refractivity contribution is 1.07. The smallest absolute Gasteiger partial charge is 0.166 e. The zero-order chi connectivity index (χ0) is 14.1. The molecule has 7 heteroatoms. The molecule has 102 valence electrons. The molecule has 2 aromatic heterocycles. The van der Waals surface area contributed by atoms with Gasteiger partial charge in [-0.3, -0.25) is 0 Å². The van der Waals surface area contributed by atoms with Crippen LogP contribution < -0.4 is 5.73 Å². The van der Waals surface area contributed by atoms with Gasteiger partial charge in [-0.15, -0.1) is 0 Å². The van der Waals surface area contributed by atoms with Gasteiger partial charge in [0.1, 0.15) is 5.15 Å². The Kier molecular flexibility index (Phi) is 3.74. The van der Waals surface area contributed by atoms with Gasteiger partial charge in [0.15, 0.2) is 5.16 Å². The molecule has 0 unspecified atom stereocenters. The van der Waals surface area contributed by atoms with Crippen molar-refractivity contribution in [2.45, 2.75) is 10.9 Å². The second-order valence-corrected chi connectivity index (χ2v) is 5.93. The average Bonchev–Trinajstić information content (AvgIpc) is 2.81. The van der Waals surface area contributed by atoms with Crippen molar-refractivity contribution in [3.8, 4) is 0 Å². The number of benzene rings is 1. The molecule has 3 aromatic rings. The summed E-state index contributed by atoms with van der Waals surface area (Å²) in [6.45, 7) is 0. The second-order valence-electron chi connectivity index (χ2n) is 4.17. The minimum absolute atomic E-state index is 0.433. The van der Waals surface area contributed by atoms with Crippen molar-refractivity contribution in [3.05, 3.63) is 46.2 Å². The van der Waals surface area contributed by atoms with E-state index >= 15 is 0 Å². The Morgan fingerprint density at radius 3 is 2.85 bits per heavy atom. The molecule has 0 radical (unpaired) electrons. The summed E-state index contributed by atoms with van der Waals surface area (Å²) < 4.78 is 0. The molecule has 0 saturated heterocycles. The summed E-state index contributed by atoms with van der Waals surface area (Å²) in [4.78, 5) is 11.9. The summed E-state index contributed by atoms with van der Waals surface area (Å²) in [5, 5.41) is 1.83. The Hall–Kier alpha value is -1.43. The third kappa shape index (κ3) is 2.85. The number of anilines is 1. The lowest BCUT2D eigenvalue weighted by Crippen LogP contribution is -1.89. The first-order chi connectivity index (χ1) is 9.61. The summed E-state index contributed by atoms with van der Waals surface area (Å²) in [7, 11) is 0. The van der Waals surface area contributed by atoms with E-state index in [2.05, 4.69) is 15.0 Å². The van der Waals surface area contributed by atoms with Crippen LogP contribution in [-0.2, 0) is 5.75 Å². The molecule has 0 aliphatic heterocycles. The average molecular weight is 325 g/mol. The Labute approximate surface area is 129 Å². The topological polar surface area (TPSA) is 67.6 Å². The molecule has 0 aliphatic rings. The molecule has 0 spiro atoms. The SMILES string of the molecule is Nc1ccc2nc(SCc3nc(Cl)ccc3Cl)[nH]c2c1. The van der Waals surface area contributed by atoms with Gasteiger partial charge < -0.3 is 10.7 Å². The van der Waals surface area contributed by atoms with E-state index in [4.69, 9.17) is 28.9 Å². The number of rotatable bonds is 3. The van der Waals surface area contributed by atoms with E-state index in [0.29, 0.717) is 21.6 Å². The fourth-order valence-corrected chi connectivity index (χ4v) is 3.02. The number of aromatic amines is 1. The molecule has 3 rings (SSSR count). The Bertz CT molecular complexity index is 772. The molecule has 1 aromatic carbocycles. The van der Waals surface area contributed by atoms with Crippen molar-refractivity contribution in [2.75, 3.05) is 5.73 Å². The van der Waals surface area contributed by atoms with E-state index in [1.54, 1.807) is 12.1 Å². The number of imidazole rings is 1. The molecule has 20 heavy (non-hydrogen) atoms. The van der Waals surface area contributed by atoms with Gasteiger partial charge in [0.05, 0.1) is 21.7 Å². The van der Waals surface area contributed by atoms with E-state index in [1.165, 1.54) is 11.8 Å². The number of hydrogen-bond acceptors (Lipinski definition) is 4. The van der Waals surface area contributed by atoms with E-state index in [1.807, 2.05) is 18.2 Å². The minimum atomic E-state index is 0.433. The fourth-order valence-electron chi connectivity index (χ4n) is 1.77. The second kappa shape index (κ2) is 5.52. The highest BCUT2D eigenvalue weighted by atomic mass is 35.5. The maximum atomic E-state index is 6.08. The van der Waals surface area contributed by atoms with Crippen LogP contribution in [0.5, 0.6) is 0 Å². The Morgan fingerprint density at radius 2 is 2.00 bits per heavy atom. The van der Waals surface area contributed by atoms with Gasteiger partial charge in [-0.1, -0.05) is 35.0 Å². The standard InChI is InChI=1S/C13H10Cl2N4S/c14-8-2-4-12(15)17-11(8)6-20-13-18-9-3-1-7(16)5-10(9)19-13/h1-5H,6,16H2,(H,18,19). The molecule has 0 aliphatic carbocycles. The Morgan fingerprint density at radius 1 is 1.15 bits per heavy atom. The number of thioether (sulfide) groups is 1. The van der Waals surface area contributed by atoms with Crippen molar-refractivity contribution in [2.24, 2.45) is 0 Å². The summed E-state index contributed by atoms with van der Waals surface area (Å²) in [6.07, 6.45) is 0. The minimum Gasteiger partial charge on any atom is -0.399 e. The first-order valence-electron chi connectivity index (χ1n) is 5.81. The normalized spacial score (nSPS) is 11.1. The van der Waals surface area contributed by atoms with Crippen molar-refractivity contribution >= 4 is 51.7 Å². The monoisotopic (exact) mass is 324 g/mol. The van der Waals surface area contributed by atoms with E-state index in [9.17, 15) is 0 Å². The van der Waals surface area contributed by atoms with Gasteiger partial charge in [-0.05, 0) is 30.3 Å². The number of nitrogen functional groups attached to an aromatic ring is 1. The molecule has 0 amide bonds. The number of halogens is 2. The van der Waals surface area contributed by atoms with E-state index in [-0.39, 0.29) is 0 Å². The largest absolute Gasteiger partial charge is 0.399 e. The van der Waals surface area contributed by atoms with Gasteiger partial charge >= 0.3 is 0 Å². The van der Waals surface area contributed by atoms with Crippen LogP contribution in [0.25, 0.3) is 11.0 Å². The molecule has 2 heterocycles. The quantitative estimate of drug-likeness (QED) is 0.431. The number of pyridine rings is 1. The van der Waals surface area contributed by atoms with Crippen LogP contribution >= 0.6 is 35.0 Å². The zero-order valence-electron chi connectivity index (χ0n) is 10.2. The van der Waals surface area contributed by atoms with Crippen molar-refractivity contribution in [1.29, 1.82) is 0 Å². The van der Waals surface area contributed by atoms with Crippen LogP contribution in [0.2, 0.25) is 10.2 Å². The first-order valence-corrected chi connectivity index (χ1v) is 7.55. The van der Waals surface area contributed by atoms with Crippen molar-refractivity contribution < 1.29 is 0 Å². The molecular weight excluding hydrogens is 315 g/mol. The Balaban J connectivity index is 1.81. The summed E-state index contributed by atoms with van der Waals surface area (Å²) in [6, 6.07) is 8.98. The summed E-state index contributed by atoms with van der Waals surface area (Å²) in [5.41, 5.74) is 8.98. The van der Waals surface area contributed by atoms with Crippen molar-refractivity contribution in [3.63, 3.8) is 0 Å². The third-order valence-corrected chi connectivity index (χ3v) is 4.15. The van der Waals surface area contributed by atoms with Gasteiger partial charge in [-0.2, -0.15) is 0 Å². The lowest BCUT2D eigenvalue weighted by Gasteiger charge is -2.01. The number of nitrogens with zero attached hydrogens (tertiary/aromatic N) is 2. The zero-order valence-corrected chi connectivity index (χ0v) is 12.6.